The molecule has 0 aliphatic heterocycles. The smallest absolute Gasteiger partial charge is 0.268 e. The maximum absolute atomic E-state index is 12.5. The minimum absolute atomic E-state index is 0.215. The number of benzene rings is 2. The van der Waals surface area contributed by atoms with Crippen LogP contribution in [0.4, 0.5) is 5.95 Å². The molecule has 6 nitrogen and oxygen atoms in total. The molecule has 0 unspecified atom stereocenters. The largest absolute Gasteiger partial charge is 0.487 e. The van der Waals surface area contributed by atoms with Crippen LogP contribution in [0.3, 0.4) is 0 Å². The summed E-state index contributed by atoms with van der Waals surface area (Å²) < 4.78 is 7.31. The monoisotopic (exact) mass is 492 g/mol. The molecule has 0 radical (unpaired) electrons. The summed E-state index contributed by atoms with van der Waals surface area (Å²) in [5.41, 5.74) is 1.78. The van der Waals surface area contributed by atoms with E-state index in [1.54, 1.807) is 35.0 Å². The van der Waals surface area contributed by atoms with E-state index in [0.29, 0.717) is 38.8 Å². The maximum Gasteiger partial charge on any atom is 0.268 e. The molecule has 2 aromatic heterocycles. The Morgan fingerprint density at radius 1 is 1.03 bits per heavy atom. The molecule has 1 N–H and O–H groups in total. The fourth-order valence-corrected chi connectivity index (χ4v) is 4.01. The number of amides is 1. The predicted octanol–water partition coefficient (Wildman–Crippen LogP) is 6.18. The lowest BCUT2D eigenvalue weighted by atomic mass is 10.2. The Morgan fingerprint density at radius 3 is 2.68 bits per heavy atom. The molecule has 0 saturated carbocycles. The van der Waals surface area contributed by atoms with Gasteiger partial charge in [-0.3, -0.25) is 10.1 Å². The van der Waals surface area contributed by atoms with Crippen molar-refractivity contribution in [1.29, 1.82) is 0 Å². The number of nitrogens with one attached hydrogen (secondary N) is 1. The number of para-hydroxylation sites is 1. The molecule has 2 aromatic carbocycles. The van der Waals surface area contributed by atoms with Crippen molar-refractivity contribution in [3.8, 4) is 5.75 Å². The number of thiophene rings is 1. The number of hydrogen-bond donors (Lipinski definition) is 1. The molecule has 0 atom stereocenters. The van der Waals surface area contributed by atoms with E-state index in [9.17, 15) is 4.79 Å². The van der Waals surface area contributed by atoms with Crippen LogP contribution in [0.25, 0.3) is 0 Å². The number of hydrogen-bond acceptors (Lipinski definition) is 5. The van der Waals surface area contributed by atoms with E-state index in [2.05, 4.69) is 15.4 Å². The van der Waals surface area contributed by atoms with E-state index >= 15 is 0 Å². The van der Waals surface area contributed by atoms with Crippen LogP contribution in [-0.2, 0) is 13.2 Å². The summed E-state index contributed by atoms with van der Waals surface area (Å²) in [6.07, 6.45) is 1.54. The molecule has 0 bridgehead atoms. The summed E-state index contributed by atoms with van der Waals surface area (Å²) in [6.45, 7) is 0.756. The third-order valence-corrected chi connectivity index (χ3v) is 6.23. The Kier molecular flexibility index (Phi) is 6.77. The zero-order valence-electron chi connectivity index (χ0n) is 15.9. The number of aromatic nitrogens is 3. The highest BCUT2D eigenvalue weighted by atomic mass is 35.5. The van der Waals surface area contributed by atoms with Gasteiger partial charge < -0.3 is 4.74 Å². The lowest BCUT2D eigenvalue weighted by Crippen LogP contribution is -2.12. The Hall–Kier alpha value is -2.58. The van der Waals surface area contributed by atoms with E-state index in [4.69, 9.17) is 39.5 Å². The SMILES string of the molecule is O=C(Nc1ncn(Cc2ccc(Cl)c(Cl)c2)n1)c1cc(COc2ccccc2Cl)cs1. The molecule has 0 aliphatic rings. The number of anilines is 1. The van der Waals surface area contributed by atoms with E-state index in [-0.39, 0.29) is 11.9 Å². The fourth-order valence-electron chi connectivity index (χ4n) is 2.71. The second kappa shape index (κ2) is 9.70. The summed E-state index contributed by atoms with van der Waals surface area (Å²) in [5, 5.41) is 10.3. The van der Waals surface area contributed by atoms with Crippen LogP contribution in [0, 0.1) is 0 Å². The summed E-state index contributed by atoms with van der Waals surface area (Å²) in [4.78, 5) is 17.2. The van der Waals surface area contributed by atoms with Gasteiger partial charge in [0.2, 0.25) is 5.95 Å². The summed E-state index contributed by atoms with van der Waals surface area (Å²) in [6, 6.07) is 14.4. The number of nitrogens with zero attached hydrogens (tertiary/aromatic N) is 3. The Balaban J connectivity index is 1.34. The number of carbonyl (C=O) groups excluding carboxylic acids is 1. The van der Waals surface area contributed by atoms with Crippen molar-refractivity contribution in [3.05, 3.63) is 91.3 Å². The van der Waals surface area contributed by atoms with Crippen LogP contribution in [-0.4, -0.2) is 20.7 Å². The van der Waals surface area contributed by atoms with Gasteiger partial charge in [0.25, 0.3) is 5.91 Å². The molecule has 0 aliphatic carbocycles. The predicted molar refractivity (Wildman–Crippen MR) is 124 cm³/mol. The molecule has 158 valence electrons. The quantitative estimate of drug-likeness (QED) is 0.334. The summed E-state index contributed by atoms with van der Waals surface area (Å²) in [5.74, 6) is 0.520. The number of ether oxygens (including phenoxy) is 1. The van der Waals surface area contributed by atoms with Crippen LogP contribution in [0.2, 0.25) is 15.1 Å². The number of rotatable bonds is 7. The zero-order chi connectivity index (χ0) is 21.8. The summed E-state index contributed by atoms with van der Waals surface area (Å²) in [7, 11) is 0. The van der Waals surface area contributed by atoms with Gasteiger partial charge in [-0.05, 0) is 41.3 Å². The van der Waals surface area contributed by atoms with Crippen molar-refractivity contribution in [2.24, 2.45) is 0 Å². The third kappa shape index (κ3) is 5.57. The average molecular weight is 494 g/mol. The number of halogens is 3. The molecular formula is C21H15Cl3N4O2S. The van der Waals surface area contributed by atoms with Crippen LogP contribution in [0.5, 0.6) is 5.75 Å². The third-order valence-electron chi connectivity index (χ3n) is 4.20. The van der Waals surface area contributed by atoms with Crippen molar-refractivity contribution in [2.45, 2.75) is 13.2 Å². The highest BCUT2D eigenvalue weighted by Gasteiger charge is 2.13. The van der Waals surface area contributed by atoms with Crippen LogP contribution >= 0.6 is 46.1 Å². The van der Waals surface area contributed by atoms with Gasteiger partial charge in [0.1, 0.15) is 18.7 Å². The highest BCUT2D eigenvalue weighted by Crippen LogP contribution is 2.25. The maximum atomic E-state index is 12.5. The van der Waals surface area contributed by atoms with Crippen molar-refractivity contribution in [1.82, 2.24) is 14.8 Å². The minimum Gasteiger partial charge on any atom is -0.487 e. The molecule has 4 aromatic rings. The van der Waals surface area contributed by atoms with E-state index < -0.39 is 0 Å². The lowest BCUT2D eigenvalue weighted by molar-refractivity contribution is 0.102. The van der Waals surface area contributed by atoms with Crippen molar-refractivity contribution < 1.29 is 9.53 Å². The minimum atomic E-state index is -0.290. The fraction of sp³-hybridized carbons (Fsp3) is 0.0952. The average Bonchev–Trinajstić information content (AvgIpc) is 3.40. The van der Waals surface area contributed by atoms with Gasteiger partial charge >= 0.3 is 0 Å². The van der Waals surface area contributed by atoms with Gasteiger partial charge in [0.15, 0.2) is 0 Å². The van der Waals surface area contributed by atoms with E-state index in [1.165, 1.54) is 17.7 Å². The van der Waals surface area contributed by atoms with Gasteiger partial charge in [0, 0.05) is 5.56 Å². The lowest BCUT2D eigenvalue weighted by Gasteiger charge is -2.06. The second-order valence-electron chi connectivity index (χ2n) is 6.51. The molecule has 31 heavy (non-hydrogen) atoms. The molecule has 0 spiro atoms. The molecular weight excluding hydrogens is 479 g/mol. The molecule has 0 saturated heterocycles. The highest BCUT2D eigenvalue weighted by molar-refractivity contribution is 7.12. The molecule has 4 rings (SSSR count). The van der Waals surface area contributed by atoms with E-state index in [0.717, 1.165) is 11.1 Å². The van der Waals surface area contributed by atoms with Crippen LogP contribution in [0.15, 0.2) is 60.2 Å². The Morgan fingerprint density at radius 2 is 1.87 bits per heavy atom. The first kappa shape index (κ1) is 21.6. The van der Waals surface area contributed by atoms with Crippen molar-refractivity contribution in [2.75, 3.05) is 5.32 Å². The molecule has 10 heteroatoms. The van der Waals surface area contributed by atoms with Gasteiger partial charge in [-0.25, -0.2) is 9.67 Å². The van der Waals surface area contributed by atoms with Gasteiger partial charge in [-0.1, -0.05) is 53.0 Å². The topological polar surface area (TPSA) is 69.0 Å². The van der Waals surface area contributed by atoms with Gasteiger partial charge in [0.05, 0.1) is 26.5 Å². The zero-order valence-corrected chi connectivity index (χ0v) is 19.0. The first-order chi connectivity index (χ1) is 15.0. The standard InChI is InChI=1S/C21H15Cl3N4O2S/c22-15-6-5-13(7-17(15)24)9-28-12-25-21(27-28)26-20(29)19-8-14(11-31-19)10-30-18-4-2-1-3-16(18)23/h1-8,11-12H,9-10H2,(H,26,27,29). The summed E-state index contributed by atoms with van der Waals surface area (Å²) >= 11 is 19.4. The van der Waals surface area contributed by atoms with Crippen molar-refractivity contribution >= 4 is 58.0 Å². The molecule has 0 fully saturated rings. The second-order valence-corrected chi connectivity index (χ2v) is 8.64. The molecule has 2 heterocycles. The number of carbonyl (C=O) groups is 1. The van der Waals surface area contributed by atoms with Gasteiger partial charge in [-0.2, -0.15) is 0 Å². The first-order valence-electron chi connectivity index (χ1n) is 9.07. The molecule has 1 amide bonds. The van der Waals surface area contributed by atoms with Gasteiger partial charge in [-0.15, -0.1) is 16.4 Å². The first-order valence-corrected chi connectivity index (χ1v) is 11.1. The Labute approximate surface area is 197 Å². The van der Waals surface area contributed by atoms with E-state index in [1.807, 2.05) is 23.6 Å². The van der Waals surface area contributed by atoms with Crippen LogP contribution < -0.4 is 10.1 Å². The normalized spacial score (nSPS) is 10.8. The van der Waals surface area contributed by atoms with Crippen molar-refractivity contribution in [3.63, 3.8) is 0 Å². The van der Waals surface area contributed by atoms with Crippen LogP contribution in [0.1, 0.15) is 20.8 Å². The Bertz CT molecular complexity index is 1220.